The third-order valence-electron chi connectivity index (χ3n) is 2.74. The Hall–Kier alpha value is -1.59. The van der Waals surface area contributed by atoms with Crippen LogP contribution in [0.5, 0.6) is 0 Å². The number of nitrogens with one attached hydrogen (secondary N) is 1. The van der Waals surface area contributed by atoms with Crippen LogP contribution in [0.2, 0.25) is 0 Å². The second kappa shape index (κ2) is 4.01. The van der Waals surface area contributed by atoms with Gasteiger partial charge < -0.3 is 10.1 Å². The van der Waals surface area contributed by atoms with Crippen LogP contribution < -0.4 is 5.32 Å². The van der Waals surface area contributed by atoms with Crippen molar-refractivity contribution >= 4 is 17.9 Å². The van der Waals surface area contributed by atoms with Crippen LogP contribution in [0, 0.1) is 5.41 Å². The molecule has 3 amide bonds. The molecular formula is C11H18N2O4. The Morgan fingerprint density at radius 1 is 1.41 bits per heavy atom. The average Bonchev–Trinajstić information content (AvgIpc) is 2.39. The van der Waals surface area contributed by atoms with Crippen LogP contribution in [0.1, 0.15) is 27.7 Å². The molecule has 0 saturated carbocycles. The van der Waals surface area contributed by atoms with Crippen LogP contribution in [0.25, 0.3) is 0 Å². The highest BCUT2D eigenvalue weighted by atomic mass is 16.5. The van der Waals surface area contributed by atoms with Crippen LogP contribution in [-0.2, 0) is 14.3 Å². The molecule has 6 nitrogen and oxygen atoms in total. The number of urea groups is 1. The van der Waals surface area contributed by atoms with E-state index < -0.39 is 23.0 Å². The number of imide groups is 1. The monoisotopic (exact) mass is 242 g/mol. The number of amides is 3. The molecule has 0 aromatic carbocycles. The molecule has 0 aliphatic carbocycles. The third kappa shape index (κ3) is 2.40. The summed E-state index contributed by atoms with van der Waals surface area (Å²) in [4.78, 5) is 36.1. The van der Waals surface area contributed by atoms with E-state index in [1.165, 1.54) is 7.11 Å². The van der Waals surface area contributed by atoms with Gasteiger partial charge >= 0.3 is 12.0 Å². The molecule has 1 N–H and O–H groups in total. The first-order chi connectivity index (χ1) is 7.62. The lowest BCUT2D eigenvalue weighted by Crippen LogP contribution is -2.44. The zero-order valence-corrected chi connectivity index (χ0v) is 10.8. The largest absolute Gasteiger partial charge is 0.469 e. The molecule has 1 saturated heterocycles. The van der Waals surface area contributed by atoms with Crippen molar-refractivity contribution in [3.05, 3.63) is 0 Å². The molecule has 1 fully saturated rings. The zero-order chi connectivity index (χ0) is 13.4. The summed E-state index contributed by atoms with van der Waals surface area (Å²) in [6.45, 7) is 6.51. The SMILES string of the molecule is COC(=O)C(C)(C)CN1C(=O)NC(C)(C)C1=O. The smallest absolute Gasteiger partial charge is 0.325 e. The number of hydrogen-bond acceptors (Lipinski definition) is 4. The molecule has 0 spiro atoms. The van der Waals surface area contributed by atoms with Crippen molar-refractivity contribution in [1.82, 2.24) is 10.2 Å². The maximum Gasteiger partial charge on any atom is 0.325 e. The van der Waals surface area contributed by atoms with Crippen LogP contribution in [0.15, 0.2) is 0 Å². The van der Waals surface area contributed by atoms with E-state index in [4.69, 9.17) is 0 Å². The summed E-state index contributed by atoms with van der Waals surface area (Å²) in [6.07, 6.45) is 0. The van der Waals surface area contributed by atoms with Gasteiger partial charge in [0.2, 0.25) is 0 Å². The van der Waals surface area contributed by atoms with Crippen LogP contribution in [-0.4, -0.2) is 42.0 Å². The highest BCUT2D eigenvalue weighted by Crippen LogP contribution is 2.24. The molecule has 0 unspecified atom stereocenters. The normalized spacial score (nSPS) is 19.2. The molecule has 0 bridgehead atoms. The number of ether oxygens (including phenoxy) is 1. The quantitative estimate of drug-likeness (QED) is 0.578. The summed E-state index contributed by atoms with van der Waals surface area (Å²) in [6, 6.07) is -0.475. The van der Waals surface area contributed by atoms with Crippen molar-refractivity contribution < 1.29 is 19.1 Å². The summed E-state index contributed by atoms with van der Waals surface area (Å²) in [5.74, 6) is -0.790. The van der Waals surface area contributed by atoms with Gasteiger partial charge in [0.05, 0.1) is 12.5 Å². The Kier molecular flexibility index (Phi) is 3.18. The van der Waals surface area contributed by atoms with Crippen molar-refractivity contribution in [2.45, 2.75) is 33.2 Å². The maximum atomic E-state index is 11.9. The second-order valence-electron chi connectivity index (χ2n) is 5.32. The molecule has 6 heteroatoms. The molecule has 0 aromatic heterocycles. The Balaban J connectivity index is 2.86. The predicted molar refractivity (Wildman–Crippen MR) is 60.1 cm³/mol. The predicted octanol–water partition coefficient (Wildman–Crippen LogP) is 0.516. The Morgan fingerprint density at radius 2 is 1.94 bits per heavy atom. The summed E-state index contributed by atoms with van der Waals surface area (Å²) in [5.41, 5.74) is -1.83. The lowest BCUT2D eigenvalue weighted by Gasteiger charge is -2.26. The van der Waals surface area contributed by atoms with Gasteiger partial charge in [0.25, 0.3) is 5.91 Å². The summed E-state index contributed by atoms with van der Waals surface area (Å²) in [7, 11) is 1.28. The number of methoxy groups -OCH3 is 1. The highest BCUT2D eigenvalue weighted by molar-refractivity contribution is 6.06. The van der Waals surface area contributed by atoms with Crippen LogP contribution in [0.4, 0.5) is 4.79 Å². The average molecular weight is 242 g/mol. The van der Waals surface area contributed by atoms with Crippen molar-refractivity contribution in [1.29, 1.82) is 0 Å². The fourth-order valence-corrected chi connectivity index (χ4v) is 1.70. The van der Waals surface area contributed by atoms with Gasteiger partial charge in [-0.05, 0) is 27.7 Å². The molecule has 17 heavy (non-hydrogen) atoms. The first kappa shape index (κ1) is 13.5. The number of nitrogens with zero attached hydrogens (tertiary/aromatic N) is 1. The van der Waals surface area contributed by atoms with E-state index in [0.29, 0.717) is 0 Å². The van der Waals surface area contributed by atoms with Crippen molar-refractivity contribution in [3.63, 3.8) is 0 Å². The first-order valence-corrected chi connectivity index (χ1v) is 5.34. The molecule has 96 valence electrons. The minimum atomic E-state index is -0.915. The lowest BCUT2D eigenvalue weighted by molar-refractivity contribution is -0.152. The van der Waals surface area contributed by atoms with Gasteiger partial charge in [0.15, 0.2) is 0 Å². The molecular weight excluding hydrogens is 224 g/mol. The number of hydrogen-bond donors (Lipinski definition) is 1. The Labute approximate surface area is 100 Å². The Bertz CT molecular complexity index is 374. The molecule has 0 radical (unpaired) electrons. The van der Waals surface area contributed by atoms with E-state index >= 15 is 0 Å². The van der Waals surface area contributed by atoms with E-state index in [1.54, 1.807) is 27.7 Å². The summed E-state index contributed by atoms with van der Waals surface area (Å²) >= 11 is 0. The van der Waals surface area contributed by atoms with E-state index in [-0.39, 0.29) is 12.5 Å². The van der Waals surface area contributed by atoms with Gasteiger partial charge in [-0.3, -0.25) is 14.5 Å². The topological polar surface area (TPSA) is 75.7 Å². The van der Waals surface area contributed by atoms with Gasteiger partial charge in [-0.1, -0.05) is 0 Å². The minimum absolute atomic E-state index is 0.00771. The molecule has 0 aromatic rings. The fraction of sp³-hybridized carbons (Fsp3) is 0.727. The number of carbonyl (C=O) groups is 3. The maximum absolute atomic E-state index is 11.9. The molecule has 1 heterocycles. The second-order valence-corrected chi connectivity index (χ2v) is 5.32. The van der Waals surface area contributed by atoms with Gasteiger partial charge in [-0.15, -0.1) is 0 Å². The molecule has 0 atom stereocenters. The zero-order valence-electron chi connectivity index (χ0n) is 10.8. The van der Waals surface area contributed by atoms with Crippen molar-refractivity contribution in [2.24, 2.45) is 5.41 Å². The van der Waals surface area contributed by atoms with E-state index in [0.717, 1.165) is 4.90 Å². The number of rotatable bonds is 3. The van der Waals surface area contributed by atoms with Crippen LogP contribution >= 0.6 is 0 Å². The van der Waals surface area contributed by atoms with Crippen LogP contribution in [0.3, 0.4) is 0 Å². The molecule has 1 rings (SSSR count). The lowest BCUT2D eigenvalue weighted by atomic mass is 9.92. The standard InChI is InChI=1S/C11H18N2O4/c1-10(2,8(15)17-5)6-13-7(14)11(3,4)12-9(13)16/h6H2,1-5H3,(H,12,16). The Morgan fingerprint density at radius 3 is 2.29 bits per heavy atom. The van der Waals surface area contributed by atoms with Crippen molar-refractivity contribution in [2.75, 3.05) is 13.7 Å². The molecule has 1 aliphatic rings. The van der Waals surface area contributed by atoms with Gasteiger partial charge in [0, 0.05) is 6.54 Å². The number of esters is 1. The summed E-state index contributed by atoms with van der Waals surface area (Å²) in [5, 5.41) is 2.56. The first-order valence-electron chi connectivity index (χ1n) is 5.34. The van der Waals surface area contributed by atoms with E-state index in [2.05, 4.69) is 10.1 Å². The minimum Gasteiger partial charge on any atom is -0.469 e. The van der Waals surface area contributed by atoms with Gasteiger partial charge in [-0.2, -0.15) is 0 Å². The van der Waals surface area contributed by atoms with E-state index in [9.17, 15) is 14.4 Å². The van der Waals surface area contributed by atoms with Crippen molar-refractivity contribution in [3.8, 4) is 0 Å². The van der Waals surface area contributed by atoms with Gasteiger partial charge in [-0.25, -0.2) is 4.79 Å². The van der Waals surface area contributed by atoms with E-state index in [1.807, 2.05) is 0 Å². The highest BCUT2D eigenvalue weighted by Gasteiger charge is 2.47. The fourth-order valence-electron chi connectivity index (χ4n) is 1.70. The number of carbonyl (C=O) groups excluding carboxylic acids is 3. The molecule has 1 aliphatic heterocycles. The summed E-state index contributed by atoms with van der Waals surface area (Å²) < 4.78 is 4.64. The third-order valence-corrected chi connectivity index (χ3v) is 2.74. The van der Waals surface area contributed by atoms with Gasteiger partial charge in [0.1, 0.15) is 5.54 Å².